The summed E-state index contributed by atoms with van der Waals surface area (Å²) in [4.78, 5) is 23.8. The van der Waals surface area contributed by atoms with E-state index in [4.69, 9.17) is 4.74 Å². The fourth-order valence-corrected chi connectivity index (χ4v) is 3.23. The van der Waals surface area contributed by atoms with Crippen LogP contribution < -0.4 is 10.0 Å². The van der Waals surface area contributed by atoms with Crippen molar-refractivity contribution in [2.75, 3.05) is 16.6 Å². The minimum atomic E-state index is -3.86. The molecule has 0 aliphatic rings. The van der Waals surface area contributed by atoms with Crippen LogP contribution in [-0.4, -0.2) is 26.9 Å². The van der Waals surface area contributed by atoms with Gasteiger partial charge >= 0.3 is 5.97 Å². The monoisotopic (exact) mass is 404 g/mol. The highest BCUT2D eigenvalue weighted by Crippen LogP contribution is 2.22. The van der Waals surface area contributed by atoms with E-state index in [0.717, 1.165) is 0 Å². The second kappa shape index (κ2) is 8.43. The van der Waals surface area contributed by atoms with Gasteiger partial charge in [0.25, 0.3) is 10.0 Å². The topological polar surface area (TPSA) is 102 Å². The molecule has 0 aliphatic carbocycles. The van der Waals surface area contributed by atoms with Crippen LogP contribution in [0.4, 0.5) is 11.4 Å². The predicted octanol–water partition coefficient (Wildman–Crippen LogP) is 3.65. The molecule has 2 N–H and O–H groups in total. The molecule has 0 heterocycles. The van der Waals surface area contributed by atoms with E-state index in [2.05, 4.69) is 10.0 Å². The largest absolute Gasteiger partial charge is 0.462 e. The Hall–Kier alpha value is -2.87. The summed E-state index contributed by atoms with van der Waals surface area (Å²) in [5.41, 5.74) is 0.488. The zero-order valence-corrected chi connectivity index (χ0v) is 17.1. The fourth-order valence-electron chi connectivity index (χ4n) is 2.18. The number of nitrogens with one attached hydrogen (secondary N) is 2. The molecule has 0 spiro atoms. The van der Waals surface area contributed by atoms with Crippen molar-refractivity contribution in [1.29, 1.82) is 0 Å². The third-order valence-electron chi connectivity index (χ3n) is 3.73. The van der Waals surface area contributed by atoms with E-state index in [1.54, 1.807) is 45.9 Å². The van der Waals surface area contributed by atoms with Gasteiger partial charge in [-0.05, 0) is 49.4 Å². The molecule has 0 aliphatic heterocycles. The maximum atomic E-state index is 12.6. The van der Waals surface area contributed by atoms with Crippen molar-refractivity contribution in [2.45, 2.75) is 32.6 Å². The van der Waals surface area contributed by atoms with Crippen molar-refractivity contribution in [3.8, 4) is 0 Å². The third kappa shape index (κ3) is 5.56. The van der Waals surface area contributed by atoms with Gasteiger partial charge in [-0.1, -0.05) is 26.8 Å². The van der Waals surface area contributed by atoms with E-state index < -0.39 is 21.4 Å². The summed E-state index contributed by atoms with van der Waals surface area (Å²) in [6.45, 7) is 7.29. The van der Waals surface area contributed by atoms with Crippen molar-refractivity contribution in [3.05, 3.63) is 54.1 Å². The van der Waals surface area contributed by atoms with Crippen molar-refractivity contribution < 1.29 is 22.7 Å². The molecule has 0 atom stereocenters. The molecule has 0 saturated heterocycles. The first-order chi connectivity index (χ1) is 13.0. The SMILES string of the molecule is CCOC(=O)c1ccc(S(=O)(=O)Nc2cccc(NC(=O)C(C)(C)C)c2)cc1. The highest BCUT2D eigenvalue weighted by atomic mass is 32.2. The number of esters is 1. The summed E-state index contributed by atoms with van der Waals surface area (Å²) < 4.78 is 32.5. The average Bonchev–Trinajstić information content (AvgIpc) is 2.61. The smallest absolute Gasteiger partial charge is 0.338 e. The minimum Gasteiger partial charge on any atom is -0.462 e. The Balaban J connectivity index is 2.17. The van der Waals surface area contributed by atoms with Crippen molar-refractivity contribution >= 4 is 33.3 Å². The molecular formula is C20H24N2O5S. The Labute approximate surface area is 165 Å². The number of rotatable bonds is 6. The summed E-state index contributed by atoms with van der Waals surface area (Å²) in [5, 5.41) is 2.75. The van der Waals surface area contributed by atoms with Gasteiger partial charge in [-0.15, -0.1) is 0 Å². The first kappa shape index (κ1) is 21.4. The number of hydrogen-bond acceptors (Lipinski definition) is 5. The van der Waals surface area contributed by atoms with Crippen molar-refractivity contribution in [3.63, 3.8) is 0 Å². The molecule has 7 nitrogen and oxygen atoms in total. The Morgan fingerprint density at radius 1 is 1.00 bits per heavy atom. The van der Waals surface area contributed by atoms with E-state index in [1.807, 2.05) is 0 Å². The number of anilines is 2. The van der Waals surface area contributed by atoms with E-state index in [-0.39, 0.29) is 23.0 Å². The van der Waals surface area contributed by atoms with Gasteiger partial charge in [-0.25, -0.2) is 13.2 Å². The highest BCUT2D eigenvalue weighted by molar-refractivity contribution is 7.92. The van der Waals surface area contributed by atoms with Crippen molar-refractivity contribution in [1.82, 2.24) is 0 Å². The van der Waals surface area contributed by atoms with Crippen LogP contribution in [0.2, 0.25) is 0 Å². The summed E-state index contributed by atoms with van der Waals surface area (Å²) >= 11 is 0. The Bertz CT molecular complexity index is 961. The van der Waals surface area contributed by atoms with Gasteiger partial charge in [-0.3, -0.25) is 9.52 Å². The summed E-state index contributed by atoms with van der Waals surface area (Å²) in [7, 11) is -3.86. The third-order valence-corrected chi connectivity index (χ3v) is 5.13. The Morgan fingerprint density at radius 2 is 1.61 bits per heavy atom. The number of sulfonamides is 1. The summed E-state index contributed by atoms with van der Waals surface area (Å²) in [6, 6.07) is 11.9. The lowest BCUT2D eigenvalue weighted by Crippen LogP contribution is -2.27. The van der Waals surface area contributed by atoms with Gasteiger partial charge < -0.3 is 10.1 Å². The second-order valence-corrected chi connectivity index (χ2v) is 8.82. The quantitative estimate of drug-likeness (QED) is 0.716. The number of benzene rings is 2. The molecule has 0 bridgehead atoms. The summed E-state index contributed by atoms with van der Waals surface area (Å²) in [6.07, 6.45) is 0. The maximum absolute atomic E-state index is 12.6. The van der Waals surface area contributed by atoms with Crippen LogP contribution in [0.15, 0.2) is 53.4 Å². The molecule has 8 heteroatoms. The molecule has 0 fully saturated rings. The van der Waals surface area contributed by atoms with Crippen LogP contribution in [0.3, 0.4) is 0 Å². The molecule has 28 heavy (non-hydrogen) atoms. The van der Waals surface area contributed by atoms with Gasteiger partial charge in [0.15, 0.2) is 0 Å². The molecular weight excluding hydrogens is 380 g/mol. The van der Waals surface area contributed by atoms with E-state index >= 15 is 0 Å². The summed E-state index contributed by atoms with van der Waals surface area (Å²) in [5.74, 6) is -0.691. The molecule has 0 unspecified atom stereocenters. The lowest BCUT2D eigenvalue weighted by atomic mass is 9.95. The predicted molar refractivity (Wildman–Crippen MR) is 108 cm³/mol. The van der Waals surface area contributed by atoms with Gasteiger partial charge in [0.05, 0.1) is 22.8 Å². The van der Waals surface area contributed by atoms with Crippen LogP contribution in [0.1, 0.15) is 38.1 Å². The molecule has 1 amide bonds. The highest BCUT2D eigenvalue weighted by Gasteiger charge is 2.21. The van der Waals surface area contributed by atoms with Crippen LogP contribution in [0, 0.1) is 5.41 Å². The first-order valence-corrected chi connectivity index (χ1v) is 10.2. The van der Waals surface area contributed by atoms with Crippen LogP contribution >= 0.6 is 0 Å². The zero-order chi connectivity index (χ0) is 20.9. The minimum absolute atomic E-state index is 0.00433. The first-order valence-electron chi connectivity index (χ1n) is 8.74. The van der Waals surface area contributed by atoms with Gasteiger partial charge in [-0.2, -0.15) is 0 Å². The lowest BCUT2D eigenvalue weighted by molar-refractivity contribution is -0.123. The normalized spacial score (nSPS) is 11.6. The maximum Gasteiger partial charge on any atom is 0.338 e. The van der Waals surface area contributed by atoms with Gasteiger partial charge in [0.2, 0.25) is 5.91 Å². The molecule has 150 valence electrons. The van der Waals surface area contributed by atoms with E-state index in [0.29, 0.717) is 11.4 Å². The molecule has 0 radical (unpaired) electrons. The number of carbonyl (C=O) groups excluding carboxylic acids is 2. The lowest BCUT2D eigenvalue weighted by Gasteiger charge is -2.18. The number of carbonyl (C=O) groups is 2. The van der Waals surface area contributed by atoms with Crippen LogP contribution in [0.5, 0.6) is 0 Å². The number of amides is 1. The number of hydrogen-bond donors (Lipinski definition) is 2. The van der Waals surface area contributed by atoms with E-state index in [1.165, 1.54) is 30.3 Å². The fraction of sp³-hybridized carbons (Fsp3) is 0.300. The number of ether oxygens (including phenoxy) is 1. The second-order valence-electron chi connectivity index (χ2n) is 7.14. The molecule has 2 rings (SSSR count). The van der Waals surface area contributed by atoms with Crippen LogP contribution in [-0.2, 0) is 19.6 Å². The van der Waals surface area contributed by atoms with Crippen LogP contribution in [0.25, 0.3) is 0 Å². The molecule has 2 aromatic carbocycles. The Morgan fingerprint density at radius 3 is 2.18 bits per heavy atom. The Kier molecular flexibility index (Phi) is 6.45. The van der Waals surface area contributed by atoms with Crippen molar-refractivity contribution in [2.24, 2.45) is 5.41 Å². The van der Waals surface area contributed by atoms with Gasteiger partial charge in [0.1, 0.15) is 0 Å². The van der Waals surface area contributed by atoms with E-state index in [9.17, 15) is 18.0 Å². The standard InChI is InChI=1S/C20H24N2O5S/c1-5-27-18(23)14-9-11-17(12-10-14)28(25,26)22-16-8-6-7-15(13-16)21-19(24)20(2,3)4/h6-13,22H,5H2,1-4H3,(H,21,24). The van der Waals surface area contributed by atoms with Gasteiger partial charge in [0, 0.05) is 11.1 Å². The average molecular weight is 404 g/mol. The molecule has 2 aromatic rings. The zero-order valence-electron chi connectivity index (χ0n) is 16.3. The molecule has 0 aromatic heterocycles. The molecule has 0 saturated carbocycles.